The maximum atomic E-state index is 13.2. The summed E-state index contributed by atoms with van der Waals surface area (Å²) in [6, 6.07) is 11.0. The Kier molecular flexibility index (Phi) is 5.81. The van der Waals surface area contributed by atoms with Crippen LogP contribution in [0.1, 0.15) is 39.2 Å². The number of carbonyl (C=O) groups is 1. The third-order valence-electron chi connectivity index (χ3n) is 7.35. The Morgan fingerprint density at radius 2 is 1.65 bits per heavy atom. The van der Waals surface area contributed by atoms with E-state index in [4.69, 9.17) is 40.0 Å². The van der Waals surface area contributed by atoms with Gasteiger partial charge < -0.3 is 28.4 Å². The molecule has 6 rings (SSSR count). The summed E-state index contributed by atoms with van der Waals surface area (Å²) in [5.41, 5.74) is 4.99. The van der Waals surface area contributed by atoms with E-state index in [1.54, 1.807) is 20.3 Å². The topological polar surface area (TPSA) is 75.7 Å². The summed E-state index contributed by atoms with van der Waals surface area (Å²) in [6.45, 7) is 0.825. The number of nitrogens with zero attached hydrogens (tertiary/aromatic N) is 1. The number of carbonyl (C=O) groups excluding carboxylic acids is 1. The third kappa shape index (κ3) is 3.50. The van der Waals surface area contributed by atoms with E-state index in [1.165, 1.54) is 7.11 Å². The summed E-state index contributed by atoms with van der Waals surface area (Å²) in [4.78, 5) is 15.4. The standard InChI is InChI=1S/C28H26ClNO7/c1-30-12-11-16-19(14-5-7-15(29)8-6-14)26-27(36-13-35-26)25(34-4)20(16)22(30)23-17-9-10-18(32-2)24(33-3)21(17)28(31)37-23/h5-10,22-23H,11-13H2,1-4H3. The van der Waals surface area contributed by atoms with Crippen molar-refractivity contribution in [2.75, 3.05) is 41.7 Å². The molecule has 3 heterocycles. The molecule has 0 fully saturated rings. The highest BCUT2D eigenvalue weighted by Gasteiger charge is 2.47. The van der Waals surface area contributed by atoms with Crippen LogP contribution in [0.5, 0.6) is 28.7 Å². The third-order valence-corrected chi connectivity index (χ3v) is 7.60. The fourth-order valence-electron chi connectivity index (χ4n) is 5.75. The molecule has 0 N–H and O–H groups in total. The molecule has 0 spiro atoms. The average molecular weight is 524 g/mol. The summed E-state index contributed by atoms with van der Waals surface area (Å²) in [6.07, 6.45) is 0.144. The lowest BCUT2D eigenvalue weighted by Gasteiger charge is -2.39. The predicted molar refractivity (Wildman–Crippen MR) is 136 cm³/mol. The van der Waals surface area contributed by atoms with Gasteiger partial charge in [0, 0.05) is 28.3 Å². The summed E-state index contributed by atoms with van der Waals surface area (Å²) >= 11 is 6.19. The van der Waals surface area contributed by atoms with Crippen LogP contribution in [-0.2, 0) is 11.2 Å². The molecule has 9 heteroatoms. The Bertz CT molecular complexity index is 1410. The van der Waals surface area contributed by atoms with Crippen molar-refractivity contribution in [1.82, 2.24) is 4.90 Å². The van der Waals surface area contributed by atoms with Crippen molar-refractivity contribution in [2.24, 2.45) is 0 Å². The molecule has 192 valence electrons. The fourth-order valence-corrected chi connectivity index (χ4v) is 5.88. The van der Waals surface area contributed by atoms with E-state index < -0.39 is 12.1 Å². The van der Waals surface area contributed by atoms with Gasteiger partial charge in [-0.2, -0.15) is 0 Å². The van der Waals surface area contributed by atoms with E-state index in [-0.39, 0.29) is 12.8 Å². The SMILES string of the molecule is COc1ccc2c(c1OC)C(=O)OC2C1c2c(c(-c3ccc(Cl)cc3)c3c(c2OC)OCO3)CCN1C. The van der Waals surface area contributed by atoms with Gasteiger partial charge in [-0.25, -0.2) is 4.79 Å². The van der Waals surface area contributed by atoms with Crippen LogP contribution in [0.2, 0.25) is 5.02 Å². The normalized spacial score (nSPS) is 19.8. The van der Waals surface area contributed by atoms with Gasteiger partial charge >= 0.3 is 5.97 Å². The first-order valence-electron chi connectivity index (χ1n) is 11.9. The Morgan fingerprint density at radius 1 is 0.919 bits per heavy atom. The number of hydrogen-bond donors (Lipinski definition) is 0. The zero-order valence-electron chi connectivity index (χ0n) is 20.9. The molecule has 37 heavy (non-hydrogen) atoms. The van der Waals surface area contributed by atoms with Gasteiger partial charge in [0.05, 0.1) is 27.4 Å². The minimum Gasteiger partial charge on any atom is -0.493 e. The van der Waals surface area contributed by atoms with Crippen LogP contribution >= 0.6 is 11.6 Å². The minimum absolute atomic E-state index is 0.0912. The van der Waals surface area contributed by atoms with Crippen molar-refractivity contribution >= 4 is 17.6 Å². The molecule has 2 unspecified atom stereocenters. The monoisotopic (exact) mass is 523 g/mol. The Balaban J connectivity index is 1.59. The number of methoxy groups -OCH3 is 3. The van der Waals surface area contributed by atoms with E-state index in [9.17, 15) is 4.79 Å². The Morgan fingerprint density at radius 3 is 2.35 bits per heavy atom. The van der Waals surface area contributed by atoms with Gasteiger partial charge in [0.1, 0.15) is 11.7 Å². The van der Waals surface area contributed by atoms with Crippen LogP contribution in [-0.4, -0.2) is 52.6 Å². The van der Waals surface area contributed by atoms with Gasteiger partial charge in [0.2, 0.25) is 12.5 Å². The minimum atomic E-state index is -0.598. The molecule has 0 saturated carbocycles. The van der Waals surface area contributed by atoms with E-state index in [1.807, 2.05) is 37.4 Å². The summed E-state index contributed by atoms with van der Waals surface area (Å²) in [7, 11) is 6.70. The number of cyclic esters (lactones) is 1. The predicted octanol–water partition coefficient (Wildman–Crippen LogP) is 5.20. The second-order valence-corrected chi connectivity index (χ2v) is 9.58. The second kappa shape index (κ2) is 9.04. The number of fused-ring (bicyclic) bond motifs is 3. The molecule has 0 bridgehead atoms. The highest BCUT2D eigenvalue weighted by molar-refractivity contribution is 6.30. The smallest absolute Gasteiger partial charge is 0.343 e. The van der Waals surface area contributed by atoms with E-state index >= 15 is 0 Å². The molecule has 3 aliphatic rings. The molecule has 3 aromatic carbocycles. The van der Waals surface area contributed by atoms with Gasteiger partial charge in [-0.15, -0.1) is 0 Å². The van der Waals surface area contributed by atoms with E-state index in [0.717, 1.165) is 40.8 Å². The van der Waals surface area contributed by atoms with Crippen molar-refractivity contribution < 1.29 is 33.2 Å². The molecule has 2 atom stereocenters. The molecular formula is C28H26ClNO7. The number of hydrogen-bond acceptors (Lipinski definition) is 8. The Hall–Kier alpha value is -3.62. The molecule has 0 aromatic heterocycles. The summed E-state index contributed by atoms with van der Waals surface area (Å²) in [5.74, 6) is 2.17. The van der Waals surface area contributed by atoms with Gasteiger partial charge in [-0.3, -0.25) is 4.90 Å². The molecular weight excluding hydrogens is 498 g/mol. The van der Waals surface area contributed by atoms with Crippen LogP contribution in [0.15, 0.2) is 36.4 Å². The summed E-state index contributed by atoms with van der Waals surface area (Å²) < 4.78 is 34.9. The highest BCUT2D eigenvalue weighted by atomic mass is 35.5. The van der Waals surface area contributed by atoms with Crippen molar-refractivity contribution in [3.63, 3.8) is 0 Å². The number of halogens is 1. The second-order valence-electron chi connectivity index (χ2n) is 9.14. The average Bonchev–Trinajstić information content (AvgIpc) is 3.52. The number of ether oxygens (including phenoxy) is 6. The number of likely N-dealkylation sites (N-methyl/N-ethyl adjacent to an activating group) is 1. The van der Waals surface area contributed by atoms with Crippen molar-refractivity contribution in [2.45, 2.75) is 18.6 Å². The van der Waals surface area contributed by atoms with Crippen molar-refractivity contribution in [1.29, 1.82) is 0 Å². The number of benzene rings is 3. The molecule has 3 aromatic rings. The maximum Gasteiger partial charge on any atom is 0.343 e. The zero-order chi connectivity index (χ0) is 25.8. The van der Waals surface area contributed by atoms with Gasteiger partial charge in [0.25, 0.3) is 0 Å². The first kappa shape index (κ1) is 23.8. The maximum absolute atomic E-state index is 13.2. The van der Waals surface area contributed by atoms with Crippen molar-refractivity contribution in [3.05, 3.63) is 63.7 Å². The molecule has 0 amide bonds. The first-order chi connectivity index (χ1) is 18.0. The van der Waals surface area contributed by atoms with E-state index in [0.29, 0.717) is 39.3 Å². The van der Waals surface area contributed by atoms with Gasteiger partial charge in [0.15, 0.2) is 23.0 Å². The molecule has 8 nitrogen and oxygen atoms in total. The largest absolute Gasteiger partial charge is 0.493 e. The first-order valence-corrected chi connectivity index (χ1v) is 12.3. The number of esters is 1. The lowest BCUT2D eigenvalue weighted by molar-refractivity contribution is 0.00877. The van der Waals surface area contributed by atoms with Crippen molar-refractivity contribution in [3.8, 4) is 39.9 Å². The van der Waals surface area contributed by atoms with Crippen LogP contribution in [0, 0.1) is 0 Å². The summed E-state index contributed by atoms with van der Waals surface area (Å²) in [5, 5.41) is 0.649. The van der Waals surface area contributed by atoms with Crippen LogP contribution in [0.3, 0.4) is 0 Å². The lowest BCUT2D eigenvalue weighted by Crippen LogP contribution is -2.36. The van der Waals surface area contributed by atoms with Gasteiger partial charge in [-0.1, -0.05) is 29.8 Å². The highest BCUT2D eigenvalue weighted by Crippen LogP contribution is 2.58. The molecule has 3 aliphatic heterocycles. The fraction of sp³-hybridized carbons (Fsp3) is 0.321. The van der Waals surface area contributed by atoms with E-state index in [2.05, 4.69) is 4.90 Å². The van der Waals surface area contributed by atoms with Crippen LogP contribution in [0.4, 0.5) is 0 Å². The molecule has 0 saturated heterocycles. The molecule has 0 radical (unpaired) electrons. The quantitative estimate of drug-likeness (QED) is 0.422. The van der Waals surface area contributed by atoms with Crippen LogP contribution < -0.4 is 23.7 Å². The van der Waals surface area contributed by atoms with Gasteiger partial charge in [-0.05, 0) is 42.8 Å². The Labute approximate surface area is 219 Å². The lowest BCUT2D eigenvalue weighted by atomic mass is 9.81. The number of rotatable bonds is 5. The molecule has 0 aliphatic carbocycles. The van der Waals surface area contributed by atoms with Crippen LogP contribution in [0.25, 0.3) is 11.1 Å². The zero-order valence-corrected chi connectivity index (χ0v) is 21.7.